The van der Waals surface area contributed by atoms with Crippen LogP contribution in [0.1, 0.15) is 43.9 Å². The maximum atomic E-state index is 12.8. The molecule has 164 valence electrons. The number of nitrogens with zero attached hydrogens (tertiary/aromatic N) is 2. The largest absolute Gasteiger partial charge is 0.445 e. The van der Waals surface area contributed by atoms with Crippen molar-refractivity contribution in [2.45, 2.75) is 45.3 Å². The highest BCUT2D eigenvalue weighted by Gasteiger charge is 2.42. The van der Waals surface area contributed by atoms with E-state index in [0.717, 1.165) is 55.6 Å². The average Bonchev–Trinajstić information content (AvgIpc) is 2.99. The smallest absolute Gasteiger partial charge is 0.407 e. The predicted molar refractivity (Wildman–Crippen MR) is 122 cm³/mol. The minimum atomic E-state index is -0.308. The lowest BCUT2D eigenvalue weighted by Gasteiger charge is -2.44. The third-order valence-electron chi connectivity index (χ3n) is 7.13. The van der Waals surface area contributed by atoms with Crippen LogP contribution in [0.5, 0.6) is 0 Å². The fraction of sp³-hybridized carbons (Fsp3) is 0.500. The van der Waals surface area contributed by atoms with Crippen LogP contribution in [0.2, 0.25) is 10.2 Å². The zero-order valence-corrected chi connectivity index (χ0v) is 19.3. The summed E-state index contributed by atoms with van der Waals surface area (Å²) in [5.74, 6) is 0.499. The highest BCUT2D eigenvalue weighted by Crippen LogP contribution is 2.46. The Kier molecular flexibility index (Phi) is 5.40. The molecule has 2 bridgehead atoms. The molecule has 2 atom stereocenters. The number of amides is 1. The Balaban J connectivity index is 1.35. The number of carbonyl (C=O) groups is 1. The molecule has 6 rings (SSSR count). The van der Waals surface area contributed by atoms with Gasteiger partial charge in [-0.15, -0.1) is 0 Å². The van der Waals surface area contributed by atoms with Gasteiger partial charge in [-0.25, -0.2) is 9.78 Å². The second-order valence-electron chi connectivity index (χ2n) is 9.72. The number of pyridine rings is 1. The van der Waals surface area contributed by atoms with Crippen LogP contribution >= 0.6 is 23.2 Å². The number of nitrogens with one attached hydrogen (secondary N) is 1. The molecule has 0 spiro atoms. The van der Waals surface area contributed by atoms with Crippen molar-refractivity contribution < 1.29 is 9.53 Å². The van der Waals surface area contributed by atoms with E-state index < -0.39 is 0 Å². The van der Waals surface area contributed by atoms with E-state index in [9.17, 15) is 4.79 Å². The summed E-state index contributed by atoms with van der Waals surface area (Å²) in [5.41, 5.74) is 4.09. The summed E-state index contributed by atoms with van der Waals surface area (Å²) in [4.78, 5) is 19.3. The number of rotatable bonds is 3. The van der Waals surface area contributed by atoms with Gasteiger partial charge in [0.05, 0.1) is 11.1 Å². The van der Waals surface area contributed by atoms with Crippen LogP contribution in [-0.2, 0) is 11.2 Å². The normalized spacial score (nSPS) is 28.3. The Hall–Kier alpha value is -1.82. The van der Waals surface area contributed by atoms with E-state index in [1.165, 1.54) is 5.56 Å². The van der Waals surface area contributed by atoms with Gasteiger partial charge in [0, 0.05) is 18.3 Å². The fourth-order valence-corrected chi connectivity index (χ4v) is 5.83. The number of halogens is 2. The summed E-state index contributed by atoms with van der Waals surface area (Å²) in [5, 5.41) is 4.15. The van der Waals surface area contributed by atoms with Gasteiger partial charge in [-0.3, -0.25) is 4.90 Å². The molecule has 1 amide bonds. The average molecular weight is 460 g/mol. The third kappa shape index (κ3) is 4.04. The first-order valence-corrected chi connectivity index (χ1v) is 11.7. The van der Waals surface area contributed by atoms with Gasteiger partial charge in [0.25, 0.3) is 0 Å². The van der Waals surface area contributed by atoms with Gasteiger partial charge in [-0.05, 0) is 66.4 Å². The standard InChI is InChI=1S/C24H27Cl2N3O2/c1-24(2)11-16-9-15(18-10-21(26)27-12-19(18)25)3-4-17(16)22(24)28-23(30)31-20-13-29-7-5-14(20)6-8-29/h3-4,9-10,12,14,20,22H,5-8,11,13H2,1-2H3,(H,28,30)/t20-,22?/m0/s1. The summed E-state index contributed by atoms with van der Waals surface area (Å²) in [6.07, 6.45) is 4.38. The number of hydrogen-bond acceptors (Lipinski definition) is 4. The van der Waals surface area contributed by atoms with Crippen molar-refractivity contribution in [1.82, 2.24) is 15.2 Å². The lowest BCUT2D eigenvalue weighted by atomic mass is 9.85. The van der Waals surface area contributed by atoms with E-state index in [-0.39, 0.29) is 23.7 Å². The van der Waals surface area contributed by atoms with Gasteiger partial charge in [-0.2, -0.15) is 0 Å². The zero-order chi connectivity index (χ0) is 21.8. The minimum Gasteiger partial charge on any atom is -0.445 e. The Morgan fingerprint density at radius 2 is 2.00 bits per heavy atom. The first kappa shape index (κ1) is 21.0. The molecule has 1 N–H and O–H groups in total. The molecule has 5 nitrogen and oxygen atoms in total. The number of hydrogen-bond donors (Lipinski definition) is 1. The summed E-state index contributed by atoms with van der Waals surface area (Å²) >= 11 is 12.4. The fourth-order valence-electron chi connectivity index (χ4n) is 5.46. The summed E-state index contributed by atoms with van der Waals surface area (Å²) < 4.78 is 5.89. The lowest BCUT2D eigenvalue weighted by molar-refractivity contribution is -0.0348. The molecule has 3 saturated heterocycles. The third-order valence-corrected chi connectivity index (χ3v) is 7.64. The van der Waals surface area contributed by atoms with Crippen LogP contribution < -0.4 is 5.32 Å². The maximum absolute atomic E-state index is 12.8. The molecule has 0 saturated carbocycles. The minimum absolute atomic E-state index is 0.00689. The second kappa shape index (κ2) is 7.95. The molecule has 3 fully saturated rings. The molecule has 31 heavy (non-hydrogen) atoms. The first-order valence-electron chi connectivity index (χ1n) is 10.9. The number of piperidine rings is 3. The first-order chi connectivity index (χ1) is 14.8. The molecule has 1 aliphatic carbocycles. The molecule has 7 heteroatoms. The second-order valence-corrected chi connectivity index (χ2v) is 10.5. The molecule has 1 aromatic heterocycles. The van der Waals surface area contributed by atoms with E-state index >= 15 is 0 Å². The summed E-state index contributed by atoms with van der Waals surface area (Å²) in [6.45, 7) is 7.49. The van der Waals surface area contributed by atoms with Crippen LogP contribution in [0, 0.1) is 11.3 Å². The van der Waals surface area contributed by atoms with Crippen molar-refractivity contribution in [3.05, 3.63) is 51.8 Å². The molecule has 1 unspecified atom stereocenters. The van der Waals surface area contributed by atoms with Crippen LogP contribution in [0.3, 0.4) is 0 Å². The van der Waals surface area contributed by atoms with Gasteiger partial charge in [0.1, 0.15) is 11.3 Å². The molecule has 2 aromatic rings. The van der Waals surface area contributed by atoms with Gasteiger partial charge >= 0.3 is 6.09 Å². The number of fused-ring (bicyclic) bond motifs is 4. The number of benzene rings is 1. The molecule has 1 aromatic carbocycles. The Morgan fingerprint density at radius 1 is 1.23 bits per heavy atom. The molecule has 0 radical (unpaired) electrons. The molecule has 4 aliphatic rings. The number of carbonyl (C=O) groups excluding carboxylic acids is 1. The van der Waals surface area contributed by atoms with Crippen molar-refractivity contribution in [2.75, 3.05) is 19.6 Å². The Bertz CT molecular complexity index is 1020. The molecular formula is C24H27Cl2N3O2. The van der Waals surface area contributed by atoms with E-state index in [0.29, 0.717) is 16.1 Å². The summed E-state index contributed by atoms with van der Waals surface area (Å²) in [6, 6.07) is 7.96. The van der Waals surface area contributed by atoms with Crippen molar-refractivity contribution in [3.63, 3.8) is 0 Å². The van der Waals surface area contributed by atoms with Gasteiger partial charge in [0.15, 0.2) is 0 Å². The molecular weight excluding hydrogens is 433 g/mol. The number of ether oxygens (including phenoxy) is 1. The van der Waals surface area contributed by atoms with Crippen LogP contribution in [0.15, 0.2) is 30.5 Å². The van der Waals surface area contributed by atoms with E-state index in [1.54, 1.807) is 12.3 Å². The molecule has 3 aliphatic heterocycles. The van der Waals surface area contributed by atoms with Crippen molar-refractivity contribution in [3.8, 4) is 11.1 Å². The van der Waals surface area contributed by atoms with Crippen molar-refractivity contribution in [2.24, 2.45) is 11.3 Å². The Morgan fingerprint density at radius 3 is 2.71 bits per heavy atom. The van der Waals surface area contributed by atoms with Gasteiger partial charge < -0.3 is 10.1 Å². The molecule has 4 heterocycles. The highest BCUT2D eigenvalue weighted by atomic mass is 35.5. The monoisotopic (exact) mass is 459 g/mol. The van der Waals surface area contributed by atoms with Crippen molar-refractivity contribution >= 4 is 29.3 Å². The van der Waals surface area contributed by atoms with Crippen molar-refractivity contribution in [1.29, 1.82) is 0 Å². The summed E-state index contributed by atoms with van der Waals surface area (Å²) in [7, 11) is 0. The SMILES string of the molecule is CC1(C)Cc2cc(-c3cc(Cl)ncc3Cl)ccc2C1NC(=O)O[C@H]1CN2CCC1CC2. The van der Waals surface area contributed by atoms with Crippen LogP contribution in [0.4, 0.5) is 4.79 Å². The topological polar surface area (TPSA) is 54.5 Å². The lowest BCUT2D eigenvalue weighted by Crippen LogP contribution is -2.53. The maximum Gasteiger partial charge on any atom is 0.407 e. The Labute approximate surface area is 193 Å². The van der Waals surface area contributed by atoms with E-state index in [2.05, 4.69) is 41.2 Å². The predicted octanol–water partition coefficient (Wildman–Crippen LogP) is 5.50. The highest BCUT2D eigenvalue weighted by molar-refractivity contribution is 6.34. The van der Waals surface area contributed by atoms with Crippen LogP contribution in [-0.4, -0.2) is 41.7 Å². The van der Waals surface area contributed by atoms with E-state index in [4.69, 9.17) is 27.9 Å². The number of aromatic nitrogens is 1. The number of alkyl carbamates (subject to hydrolysis) is 1. The van der Waals surface area contributed by atoms with Gasteiger partial charge in [0.2, 0.25) is 0 Å². The van der Waals surface area contributed by atoms with E-state index in [1.807, 2.05) is 6.07 Å². The zero-order valence-electron chi connectivity index (χ0n) is 17.8. The van der Waals surface area contributed by atoms with Crippen LogP contribution in [0.25, 0.3) is 11.1 Å². The quantitative estimate of drug-likeness (QED) is 0.615. The van der Waals surface area contributed by atoms with Gasteiger partial charge in [-0.1, -0.05) is 55.2 Å².